The number of hydrogen-bond donors (Lipinski definition) is 1. The summed E-state index contributed by atoms with van der Waals surface area (Å²) >= 11 is 0. The molecule has 0 heterocycles. The summed E-state index contributed by atoms with van der Waals surface area (Å²) in [6.45, 7) is 1.88. The zero-order chi connectivity index (χ0) is 15.8. The van der Waals surface area contributed by atoms with E-state index in [4.69, 9.17) is 5.26 Å². The van der Waals surface area contributed by atoms with Crippen molar-refractivity contribution in [3.63, 3.8) is 0 Å². The number of hydrogen-bond acceptors (Lipinski definition) is 2. The van der Waals surface area contributed by atoms with E-state index >= 15 is 0 Å². The highest BCUT2D eigenvalue weighted by Crippen LogP contribution is 2.45. The molecule has 1 aliphatic rings. The zero-order valence-corrected chi connectivity index (χ0v) is 11.1. The van der Waals surface area contributed by atoms with Gasteiger partial charge in [0.25, 0.3) is 0 Å². The van der Waals surface area contributed by atoms with E-state index in [-0.39, 0.29) is 11.6 Å². The van der Waals surface area contributed by atoms with E-state index in [9.17, 15) is 22.4 Å². The van der Waals surface area contributed by atoms with Crippen LogP contribution in [0.2, 0.25) is 0 Å². The van der Waals surface area contributed by atoms with Gasteiger partial charge in [-0.1, -0.05) is 6.92 Å². The van der Waals surface area contributed by atoms with Gasteiger partial charge >= 0.3 is 6.18 Å². The summed E-state index contributed by atoms with van der Waals surface area (Å²) in [5.74, 6) is -1.84. The average Bonchev–Trinajstić information content (AvgIpc) is 2.35. The first-order valence-electron chi connectivity index (χ1n) is 6.27. The lowest BCUT2D eigenvalue weighted by atomic mass is 9.63. The Morgan fingerprint density at radius 1 is 1.43 bits per heavy atom. The Hall–Kier alpha value is -2.10. The van der Waals surface area contributed by atoms with Gasteiger partial charge in [0.2, 0.25) is 5.91 Å². The minimum atomic E-state index is -4.84. The van der Waals surface area contributed by atoms with Gasteiger partial charge in [0.1, 0.15) is 11.2 Å². The van der Waals surface area contributed by atoms with Gasteiger partial charge < -0.3 is 5.32 Å². The number of benzene rings is 1. The Kier molecular flexibility index (Phi) is 3.66. The van der Waals surface area contributed by atoms with Crippen LogP contribution in [0.4, 0.5) is 23.2 Å². The van der Waals surface area contributed by atoms with Crippen LogP contribution >= 0.6 is 0 Å². The van der Waals surface area contributed by atoms with Crippen molar-refractivity contribution in [2.45, 2.75) is 25.9 Å². The summed E-state index contributed by atoms with van der Waals surface area (Å²) in [5.41, 5.74) is -2.83. The zero-order valence-electron chi connectivity index (χ0n) is 11.1. The monoisotopic (exact) mass is 300 g/mol. The van der Waals surface area contributed by atoms with Crippen molar-refractivity contribution >= 4 is 11.6 Å². The Bertz CT molecular complexity index is 612. The molecule has 7 heteroatoms. The minimum Gasteiger partial charge on any atom is -0.325 e. The highest BCUT2D eigenvalue weighted by atomic mass is 19.4. The fraction of sp³-hybridized carbons (Fsp3) is 0.429. The molecule has 0 unspecified atom stereocenters. The number of nitrogens with one attached hydrogen (secondary N) is 1. The van der Waals surface area contributed by atoms with Crippen LogP contribution < -0.4 is 5.32 Å². The molecule has 1 aromatic rings. The molecule has 112 valence electrons. The van der Waals surface area contributed by atoms with Crippen LogP contribution in [0.3, 0.4) is 0 Å². The predicted molar refractivity (Wildman–Crippen MR) is 66.5 cm³/mol. The highest BCUT2D eigenvalue weighted by molar-refractivity contribution is 5.98. The standard InChI is InChI=1S/C14H12F4N2O/c1-8-5-13(6-8,7-19)12(21)20-9-2-3-11(15)10(4-9)14(16,17)18/h2-4,8H,5-6H2,1H3,(H,20,21). The molecule has 0 radical (unpaired) electrons. The lowest BCUT2D eigenvalue weighted by Crippen LogP contribution is -2.45. The molecule has 1 fully saturated rings. The maximum Gasteiger partial charge on any atom is 0.419 e. The van der Waals surface area contributed by atoms with E-state index in [0.717, 1.165) is 6.07 Å². The van der Waals surface area contributed by atoms with Gasteiger partial charge in [-0.2, -0.15) is 18.4 Å². The van der Waals surface area contributed by atoms with Crippen molar-refractivity contribution in [3.8, 4) is 6.07 Å². The first-order valence-corrected chi connectivity index (χ1v) is 6.27. The first kappa shape index (κ1) is 15.3. The summed E-state index contributed by atoms with van der Waals surface area (Å²) in [5, 5.41) is 11.3. The number of nitriles is 1. The number of carbonyl (C=O) groups is 1. The summed E-state index contributed by atoms with van der Waals surface area (Å²) in [6.07, 6.45) is -4.12. The van der Waals surface area contributed by atoms with E-state index in [1.807, 2.05) is 13.0 Å². The van der Waals surface area contributed by atoms with E-state index in [1.54, 1.807) is 0 Å². The maximum atomic E-state index is 13.1. The number of halogens is 4. The molecule has 0 saturated heterocycles. The van der Waals surface area contributed by atoms with Gasteiger partial charge in [-0.25, -0.2) is 4.39 Å². The fourth-order valence-corrected chi connectivity index (χ4v) is 2.53. The molecular formula is C14H12F4N2O. The smallest absolute Gasteiger partial charge is 0.325 e. The molecule has 1 saturated carbocycles. The van der Waals surface area contributed by atoms with Crippen LogP contribution in [0.1, 0.15) is 25.3 Å². The maximum absolute atomic E-state index is 13.1. The molecule has 0 spiro atoms. The molecule has 21 heavy (non-hydrogen) atoms. The van der Waals surface area contributed by atoms with Gasteiger partial charge in [-0.15, -0.1) is 0 Å². The molecule has 1 amide bonds. The van der Waals surface area contributed by atoms with E-state index < -0.39 is 28.9 Å². The third kappa shape index (κ3) is 2.84. The molecular weight excluding hydrogens is 288 g/mol. The Balaban J connectivity index is 2.21. The van der Waals surface area contributed by atoms with Crippen LogP contribution in [-0.4, -0.2) is 5.91 Å². The fourth-order valence-electron chi connectivity index (χ4n) is 2.53. The van der Waals surface area contributed by atoms with Gasteiger partial charge in [0.05, 0.1) is 11.6 Å². The average molecular weight is 300 g/mol. The molecule has 2 rings (SSSR count). The van der Waals surface area contributed by atoms with Gasteiger partial charge in [0.15, 0.2) is 0 Å². The lowest BCUT2D eigenvalue weighted by Gasteiger charge is -2.39. The second-order valence-corrected chi connectivity index (χ2v) is 5.35. The number of nitrogens with zero attached hydrogens (tertiary/aromatic N) is 1. The normalized spacial score (nSPS) is 24.9. The van der Waals surface area contributed by atoms with Crippen molar-refractivity contribution in [3.05, 3.63) is 29.6 Å². The van der Waals surface area contributed by atoms with Crippen LogP contribution in [0.15, 0.2) is 18.2 Å². The second-order valence-electron chi connectivity index (χ2n) is 5.35. The van der Waals surface area contributed by atoms with Crippen LogP contribution in [0.25, 0.3) is 0 Å². The minimum absolute atomic E-state index is 0.178. The van der Waals surface area contributed by atoms with E-state index in [1.165, 1.54) is 0 Å². The van der Waals surface area contributed by atoms with Crippen molar-refractivity contribution in [2.24, 2.45) is 11.3 Å². The number of rotatable bonds is 2. The number of carbonyl (C=O) groups excluding carboxylic acids is 1. The third-order valence-electron chi connectivity index (χ3n) is 3.57. The molecule has 0 bridgehead atoms. The van der Waals surface area contributed by atoms with Crippen LogP contribution in [-0.2, 0) is 11.0 Å². The molecule has 0 aromatic heterocycles. The Morgan fingerprint density at radius 2 is 2.05 bits per heavy atom. The number of alkyl halides is 3. The van der Waals surface area contributed by atoms with Crippen molar-refractivity contribution in [2.75, 3.05) is 5.32 Å². The van der Waals surface area contributed by atoms with Gasteiger partial charge in [-0.3, -0.25) is 4.79 Å². The van der Waals surface area contributed by atoms with Gasteiger partial charge in [0, 0.05) is 5.69 Å². The molecule has 1 N–H and O–H groups in total. The summed E-state index contributed by atoms with van der Waals surface area (Å²) in [6, 6.07) is 4.12. The second kappa shape index (κ2) is 5.02. The Labute approximate surface area is 118 Å². The summed E-state index contributed by atoms with van der Waals surface area (Å²) in [4.78, 5) is 12.0. The van der Waals surface area contributed by atoms with E-state index in [0.29, 0.717) is 25.0 Å². The summed E-state index contributed by atoms with van der Waals surface area (Å²) in [7, 11) is 0. The molecule has 3 nitrogen and oxygen atoms in total. The van der Waals surface area contributed by atoms with Crippen LogP contribution in [0.5, 0.6) is 0 Å². The quantitative estimate of drug-likeness (QED) is 0.846. The van der Waals surface area contributed by atoms with Gasteiger partial charge in [-0.05, 0) is 37.0 Å². The van der Waals surface area contributed by atoms with Crippen molar-refractivity contribution in [1.29, 1.82) is 5.26 Å². The van der Waals surface area contributed by atoms with Crippen molar-refractivity contribution < 1.29 is 22.4 Å². The third-order valence-corrected chi connectivity index (χ3v) is 3.57. The number of amides is 1. The topological polar surface area (TPSA) is 52.9 Å². The SMILES string of the molecule is CC1CC(C#N)(C(=O)Nc2ccc(F)c(C(F)(F)F)c2)C1. The molecule has 0 aliphatic heterocycles. The first-order chi connectivity index (χ1) is 9.68. The molecule has 0 atom stereocenters. The number of anilines is 1. The summed E-state index contributed by atoms with van der Waals surface area (Å²) < 4.78 is 50.9. The predicted octanol–water partition coefficient (Wildman–Crippen LogP) is 3.72. The highest BCUT2D eigenvalue weighted by Gasteiger charge is 2.49. The molecule has 1 aromatic carbocycles. The molecule has 1 aliphatic carbocycles. The van der Waals surface area contributed by atoms with Crippen LogP contribution in [0, 0.1) is 28.5 Å². The van der Waals surface area contributed by atoms with E-state index in [2.05, 4.69) is 5.32 Å². The largest absolute Gasteiger partial charge is 0.419 e. The lowest BCUT2D eigenvalue weighted by molar-refractivity contribution is -0.140. The Morgan fingerprint density at radius 3 is 2.52 bits per heavy atom. The van der Waals surface area contributed by atoms with Crippen molar-refractivity contribution in [1.82, 2.24) is 0 Å².